The van der Waals surface area contributed by atoms with Crippen LogP contribution >= 0.6 is 7.52 Å². The molecule has 12 heteroatoms. The lowest BCUT2D eigenvalue weighted by atomic mass is 10.3. The lowest BCUT2D eigenvalue weighted by Crippen LogP contribution is -2.36. The van der Waals surface area contributed by atoms with E-state index in [0.717, 1.165) is 0 Å². The zero-order valence-corrected chi connectivity index (χ0v) is 18.3. The molecule has 0 aliphatic rings. The predicted molar refractivity (Wildman–Crippen MR) is 115 cm³/mol. The number of imidazole rings is 1. The summed E-state index contributed by atoms with van der Waals surface area (Å²) in [7, 11) is -2.24. The highest BCUT2D eigenvalue weighted by atomic mass is 31.2. The molecule has 3 atom stereocenters. The fourth-order valence-electron chi connectivity index (χ4n) is 2.84. The average molecular weight is 448 g/mol. The van der Waals surface area contributed by atoms with Crippen LogP contribution in [0.4, 0.5) is 5.82 Å². The molecule has 2 aromatic heterocycles. The van der Waals surface area contributed by atoms with E-state index in [4.69, 9.17) is 15.0 Å². The number of carboxylic acids is 1. The van der Waals surface area contributed by atoms with Gasteiger partial charge >= 0.3 is 13.5 Å². The number of anilines is 1. The van der Waals surface area contributed by atoms with Crippen molar-refractivity contribution in [3.8, 4) is 5.75 Å². The largest absolute Gasteiger partial charge is 0.480 e. The lowest BCUT2D eigenvalue weighted by molar-refractivity contribution is -0.140. The second-order valence-corrected chi connectivity index (χ2v) is 9.41. The molecule has 3 rings (SSSR count). The number of aliphatic carboxylic acids is 1. The van der Waals surface area contributed by atoms with Crippen LogP contribution in [0, 0.1) is 0 Å². The zero-order valence-electron chi connectivity index (χ0n) is 17.5. The number of nitrogen functional groups attached to an aromatic ring is 1. The van der Waals surface area contributed by atoms with Gasteiger partial charge in [0.15, 0.2) is 11.5 Å². The van der Waals surface area contributed by atoms with Gasteiger partial charge in [-0.3, -0.25) is 9.36 Å². The Labute approximate surface area is 179 Å². The van der Waals surface area contributed by atoms with Gasteiger partial charge in [0.25, 0.3) is 0 Å². The third-order valence-corrected chi connectivity index (χ3v) is 7.07. The topological polar surface area (TPSA) is 146 Å². The lowest BCUT2D eigenvalue weighted by Gasteiger charge is -2.31. The van der Waals surface area contributed by atoms with Gasteiger partial charge < -0.3 is 24.7 Å². The van der Waals surface area contributed by atoms with Gasteiger partial charge in [-0.2, -0.15) is 0 Å². The number of nitrogens with zero attached hydrogens (tertiary/aromatic N) is 5. The van der Waals surface area contributed by atoms with Crippen molar-refractivity contribution in [1.29, 1.82) is 0 Å². The van der Waals surface area contributed by atoms with Gasteiger partial charge in [-0.15, -0.1) is 0 Å². The third-order valence-electron chi connectivity index (χ3n) is 4.80. The molecule has 31 heavy (non-hydrogen) atoms. The minimum atomic E-state index is -3.68. The van der Waals surface area contributed by atoms with E-state index in [1.165, 1.54) is 25.0 Å². The highest BCUT2D eigenvalue weighted by Crippen LogP contribution is 2.51. The molecule has 1 unspecified atom stereocenters. The van der Waals surface area contributed by atoms with Crippen molar-refractivity contribution in [2.45, 2.75) is 32.5 Å². The molecular formula is C19H25N6O5P. The molecule has 1 aromatic carbocycles. The first-order chi connectivity index (χ1) is 14.7. The van der Waals surface area contributed by atoms with Crippen LogP contribution in [-0.2, 0) is 20.6 Å². The van der Waals surface area contributed by atoms with Gasteiger partial charge in [-0.1, -0.05) is 18.2 Å². The molecule has 0 bridgehead atoms. The van der Waals surface area contributed by atoms with E-state index in [1.54, 1.807) is 48.1 Å². The predicted octanol–water partition coefficient (Wildman–Crippen LogP) is 2.45. The minimum Gasteiger partial charge on any atom is -0.480 e. The van der Waals surface area contributed by atoms with Crippen LogP contribution in [0.15, 0.2) is 43.0 Å². The summed E-state index contributed by atoms with van der Waals surface area (Å²) in [6.07, 6.45) is 2.22. The molecule has 3 aromatic rings. The number of para-hydroxylation sites is 1. The molecule has 0 saturated heterocycles. The van der Waals surface area contributed by atoms with E-state index in [2.05, 4.69) is 15.0 Å². The summed E-state index contributed by atoms with van der Waals surface area (Å²) in [6.45, 7) is 3.59. The van der Waals surface area contributed by atoms with Crippen molar-refractivity contribution < 1.29 is 23.7 Å². The van der Waals surface area contributed by atoms with E-state index < -0.39 is 25.6 Å². The first-order valence-electron chi connectivity index (χ1n) is 9.54. The number of hydrogen-bond acceptors (Lipinski definition) is 8. The summed E-state index contributed by atoms with van der Waals surface area (Å²) >= 11 is 0. The minimum absolute atomic E-state index is 0.280. The quantitative estimate of drug-likeness (QED) is 0.443. The first kappa shape index (κ1) is 22.7. The SMILES string of the molecule is C[C@H](Cn1cnc2c(N)ncnc21)OCP(=O)(Oc1ccccc1)N(C)[C@@H](C)C(=O)O. The maximum absolute atomic E-state index is 13.7. The Morgan fingerprint density at radius 3 is 2.65 bits per heavy atom. The fraction of sp³-hybridized carbons (Fsp3) is 0.368. The summed E-state index contributed by atoms with van der Waals surface area (Å²) in [5, 5.41) is 9.36. The molecule has 0 amide bonds. The smallest absolute Gasteiger partial charge is 0.345 e. The Balaban J connectivity index is 1.75. The summed E-state index contributed by atoms with van der Waals surface area (Å²) in [5.41, 5.74) is 6.86. The summed E-state index contributed by atoms with van der Waals surface area (Å²) in [6, 6.07) is 7.54. The van der Waals surface area contributed by atoms with Crippen LogP contribution in [-0.4, -0.2) is 60.8 Å². The van der Waals surface area contributed by atoms with Crippen LogP contribution in [0.2, 0.25) is 0 Å². The maximum atomic E-state index is 13.7. The number of fused-ring (bicyclic) bond motifs is 1. The number of benzene rings is 1. The van der Waals surface area contributed by atoms with E-state index in [9.17, 15) is 14.5 Å². The monoisotopic (exact) mass is 448 g/mol. The van der Waals surface area contributed by atoms with E-state index in [-0.39, 0.29) is 12.2 Å². The second-order valence-electron chi connectivity index (χ2n) is 7.06. The van der Waals surface area contributed by atoms with Crippen molar-refractivity contribution in [3.63, 3.8) is 0 Å². The molecule has 0 saturated carbocycles. The van der Waals surface area contributed by atoms with Crippen molar-refractivity contribution in [2.24, 2.45) is 0 Å². The Morgan fingerprint density at radius 2 is 1.97 bits per heavy atom. The van der Waals surface area contributed by atoms with Gasteiger partial charge in [0, 0.05) is 0 Å². The van der Waals surface area contributed by atoms with Crippen LogP contribution in [0.1, 0.15) is 13.8 Å². The molecule has 166 valence electrons. The van der Waals surface area contributed by atoms with Crippen LogP contribution in [0.5, 0.6) is 5.75 Å². The standard InChI is InChI=1S/C19H25N6O5P/c1-13(9-25-11-23-16-17(20)21-10-22-18(16)25)29-12-31(28,24(3)14(2)19(26)27)30-15-7-5-4-6-8-15/h4-8,10-11,13-14H,9,12H2,1-3H3,(H,26,27)(H2,20,21,22)/t13-,14+,31?/m1/s1. The van der Waals surface area contributed by atoms with Crippen molar-refractivity contribution >= 4 is 30.5 Å². The number of carboxylic acid groups (broad SMARTS) is 1. The van der Waals surface area contributed by atoms with E-state index >= 15 is 0 Å². The molecule has 11 nitrogen and oxygen atoms in total. The number of hydrogen-bond donors (Lipinski definition) is 2. The second kappa shape index (κ2) is 9.42. The number of nitrogens with two attached hydrogens (primary N) is 1. The number of ether oxygens (including phenoxy) is 1. The number of rotatable bonds is 10. The van der Waals surface area contributed by atoms with Crippen molar-refractivity contribution in [1.82, 2.24) is 24.2 Å². The summed E-state index contributed by atoms with van der Waals surface area (Å²) in [5.74, 6) is -0.476. The third kappa shape index (κ3) is 5.19. The summed E-state index contributed by atoms with van der Waals surface area (Å²) < 4.78 is 28.2. The zero-order chi connectivity index (χ0) is 22.6. The number of carbonyl (C=O) groups is 1. The Hall–Kier alpha value is -3.01. The molecule has 0 spiro atoms. The van der Waals surface area contributed by atoms with Gasteiger partial charge in [-0.05, 0) is 33.0 Å². The Morgan fingerprint density at radius 1 is 1.26 bits per heavy atom. The summed E-state index contributed by atoms with van der Waals surface area (Å²) in [4.78, 5) is 23.8. The molecule has 0 aliphatic heterocycles. The number of aromatic nitrogens is 4. The van der Waals surface area contributed by atoms with Gasteiger partial charge in [-0.25, -0.2) is 19.6 Å². The van der Waals surface area contributed by atoms with E-state index in [1.807, 2.05) is 0 Å². The Bertz CT molecular complexity index is 1090. The maximum Gasteiger partial charge on any atom is 0.345 e. The van der Waals surface area contributed by atoms with Gasteiger partial charge in [0.2, 0.25) is 0 Å². The first-order valence-corrected chi connectivity index (χ1v) is 11.3. The molecular weight excluding hydrogens is 423 g/mol. The highest BCUT2D eigenvalue weighted by molar-refractivity contribution is 7.56. The van der Waals surface area contributed by atoms with Crippen LogP contribution < -0.4 is 10.3 Å². The highest BCUT2D eigenvalue weighted by Gasteiger charge is 2.37. The molecule has 0 aliphatic carbocycles. The van der Waals surface area contributed by atoms with E-state index in [0.29, 0.717) is 23.5 Å². The molecule has 3 N–H and O–H groups in total. The van der Waals surface area contributed by atoms with Crippen molar-refractivity contribution in [3.05, 3.63) is 43.0 Å². The molecule has 0 radical (unpaired) electrons. The number of likely N-dealkylation sites (N-methyl/N-ethyl adjacent to an activating group) is 1. The average Bonchev–Trinajstić information content (AvgIpc) is 3.16. The Kier molecular flexibility index (Phi) is 6.89. The fourth-order valence-corrected chi connectivity index (χ4v) is 4.72. The van der Waals surface area contributed by atoms with Crippen molar-refractivity contribution in [2.75, 3.05) is 19.1 Å². The van der Waals surface area contributed by atoms with Crippen LogP contribution in [0.25, 0.3) is 11.2 Å². The molecule has 2 heterocycles. The van der Waals surface area contributed by atoms with Gasteiger partial charge in [0.1, 0.15) is 30.0 Å². The molecule has 0 fully saturated rings. The normalized spacial score (nSPS) is 15.5. The van der Waals surface area contributed by atoms with Crippen LogP contribution in [0.3, 0.4) is 0 Å². The van der Waals surface area contributed by atoms with Gasteiger partial charge in [0.05, 0.1) is 19.0 Å².